The molecular formula is C15H28N2OS. The highest BCUT2D eigenvalue weighted by atomic mass is 32.1. The molecule has 0 aromatic carbocycles. The molecule has 0 unspecified atom stereocenters. The molecule has 1 aromatic heterocycles. The van der Waals surface area contributed by atoms with Crippen LogP contribution in [-0.2, 0) is 0 Å². The van der Waals surface area contributed by atoms with Crippen molar-refractivity contribution in [2.45, 2.75) is 59.4 Å². The lowest BCUT2D eigenvalue weighted by Gasteiger charge is -2.31. The van der Waals surface area contributed by atoms with Crippen LogP contribution in [0.4, 0.5) is 0 Å². The van der Waals surface area contributed by atoms with Crippen molar-refractivity contribution in [2.75, 3.05) is 12.4 Å². The van der Waals surface area contributed by atoms with Gasteiger partial charge in [0.15, 0.2) is 5.75 Å². The molecule has 0 bridgehead atoms. The molecule has 0 saturated heterocycles. The number of ether oxygens (including phenoxy) is 1. The summed E-state index contributed by atoms with van der Waals surface area (Å²) in [4.78, 5) is 0. The summed E-state index contributed by atoms with van der Waals surface area (Å²) < 4.78 is 7.89. The number of aromatic nitrogens is 2. The Morgan fingerprint density at radius 1 is 1.32 bits per heavy atom. The van der Waals surface area contributed by atoms with Gasteiger partial charge in [0.05, 0.1) is 19.0 Å². The molecule has 19 heavy (non-hydrogen) atoms. The van der Waals surface area contributed by atoms with E-state index in [1.807, 2.05) is 10.9 Å². The Hall–Kier alpha value is -0.640. The van der Waals surface area contributed by atoms with E-state index in [4.69, 9.17) is 4.74 Å². The molecule has 1 heterocycles. The molecule has 0 spiro atoms. The summed E-state index contributed by atoms with van der Waals surface area (Å²) in [7, 11) is 0. The average molecular weight is 284 g/mol. The van der Waals surface area contributed by atoms with Crippen molar-refractivity contribution in [3.8, 4) is 5.75 Å². The Morgan fingerprint density at radius 2 is 1.95 bits per heavy atom. The summed E-state index contributed by atoms with van der Waals surface area (Å²) in [6, 6.07) is 0.373. The SMILES string of the molecule is CCCC(CS)(CCC)COc1cnn(C(C)C)c1. The van der Waals surface area contributed by atoms with Crippen LogP contribution in [0, 0.1) is 5.41 Å². The van der Waals surface area contributed by atoms with Crippen molar-refractivity contribution in [3.63, 3.8) is 0 Å². The maximum absolute atomic E-state index is 5.97. The number of rotatable bonds is 9. The lowest BCUT2D eigenvalue weighted by atomic mass is 9.82. The number of hydrogen-bond acceptors (Lipinski definition) is 3. The molecule has 0 aliphatic carbocycles. The minimum Gasteiger partial charge on any atom is -0.490 e. The molecule has 0 aliphatic rings. The fourth-order valence-electron chi connectivity index (χ4n) is 2.45. The van der Waals surface area contributed by atoms with Gasteiger partial charge in [-0.3, -0.25) is 4.68 Å². The monoisotopic (exact) mass is 284 g/mol. The summed E-state index contributed by atoms with van der Waals surface area (Å²) in [6.45, 7) is 9.42. The molecule has 0 aliphatic heterocycles. The normalized spacial score (nSPS) is 12.1. The first-order valence-corrected chi connectivity index (χ1v) is 7.98. The molecule has 110 valence electrons. The Labute approximate surface area is 123 Å². The summed E-state index contributed by atoms with van der Waals surface area (Å²) >= 11 is 4.55. The van der Waals surface area contributed by atoms with Crippen LogP contribution in [0.15, 0.2) is 12.4 Å². The van der Waals surface area contributed by atoms with Crippen molar-refractivity contribution in [1.29, 1.82) is 0 Å². The maximum atomic E-state index is 5.97. The molecule has 0 N–H and O–H groups in total. The van der Waals surface area contributed by atoms with Gasteiger partial charge >= 0.3 is 0 Å². The van der Waals surface area contributed by atoms with Crippen LogP contribution in [0.25, 0.3) is 0 Å². The first-order valence-electron chi connectivity index (χ1n) is 7.34. The second-order valence-electron chi connectivity index (χ2n) is 5.70. The molecule has 1 rings (SSSR count). The summed E-state index contributed by atoms with van der Waals surface area (Å²) in [6.07, 6.45) is 8.47. The van der Waals surface area contributed by atoms with E-state index in [0.29, 0.717) is 6.04 Å². The van der Waals surface area contributed by atoms with Gasteiger partial charge in [0, 0.05) is 11.5 Å². The molecule has 0 radical (unpaired) electrons. The predicted octanol–water partition coefficient (Wildman–Crippen LogP) is 4.36. The van der Waals surface area contributed by atoms with Gasteiger partial charge in [-0.05, 0) is 32.4 Å². The Bertz CT molecular complexity index is 357. The van der Waals surface area contributed by atoms with Crippen LogP contribution in [0.1, 0.15) is 59.4 Å². The standard InChI is InChI=1S/C15H28N2OS/c1-5-7-15(12-19,8-6-2)11-18-14-9-16-17(10-14)13(3)4/h9-10,13,19H,5-8,11-12H2,1-4H3. The Balaban J connectivity index is 2.63. The van der Waals surface area contributed by atoms with Crippen LogP contribution >= 0.6 is 12.6 Å². The molecule has 0 fully saturated rings. The first kappa shape index (κ1) is 16.4. The van der Waals surface area contributed by atoms with E-state index in [0.717, 1.165) is 18.1 Å². The van der Waals surface area contributed by atoms with Gasteiger partial charge in [0.2, 0.25) is 0 Å². The van der Waals surface area contributed by atoms with Crippen molar-refractivity contribution in [2.24, 2.45) is 5.41 Å². The number of thiol groups is 1. The highest BCUT2D eigenvalue weighted by Crippen LogP contribution is 2.32. The van der Waals surface area contributed by atoms with E-state index in [-0.39, 0.29) is 5.41 Å². The molecule has 1 aromatic rings. The van der Waals surface area contributed by atoms with E-state index < -0.39 is 0 Å². The zero-order chi connectivity index (χ0) is 14.3. The fourth-order valence-corrected chi connectivity index (χ4v) is 2.86. The van der Waals surface area contributed by atoms with Gasteiger partial charge in [-0.1, -0.05) is 26.7 Å². The largest absolute Gasteiger partial charge is 0.490 e. The minimum atomic E-state index is 0.201. The van der Waals surface area contributed by atoms with E-state index in [1.54, 1.807) is 6.20 Å². The Kier molecular flexibility index (Phi) is 6.76. The third kappa shape index (κ3) is 4.75. The lowest BCUT2D eigenvalue weighted by Crippen LogP contribution is -2.30. The number of hydrogen-bond donors (Lipinski definition) is 1. The van der Waals surface area contributed by atoms with Crippen molar-refractivity contribution in [3.05, 3.63) is 12.4 Å². The highest BCUT2D eigenvalue weighted by Gasteiger charge is 2.28. The Morgan fingerprint density at radius 3 is 2.37 bits per heavy atom. The summed E-state index contributed by atoms with van der Waals surface area (Å²) in [5, 5.41) is 4.31. The predicted molar refractivity (Wildman–Crippen MR) is 84.2 cm³/mol. The molecule has 0 atom stereocenters. The van der Waals surface area contributed by atoms with Crippen LogP contribution in [0.5, 0.6) is 5.75 Å². The summed E-state index contributed by atoms with van der Waals surface area (Å²) in [5.41, 5.74) is 0.201. The van der Waals surface area contributed by atoms with Crippen molar-refractivity contribution >= 4 is 12.6 Å². The van der Waals surface area contributed by atoms with Crippen LogP contribution in [0.3, 0.4) is 0 Å². The second kappa shape index (κ2) is 7.83. The molecule has 0 saturated carbocycles. The van der Waals surface area contributed by atoms with Crippen LogP contribution in [0.2, 0.25) is 0 Å². The number of nitrogens with zero attached hydrogens (tertiary/aromatic N) is 2. The topological polar surface area (TPSA) is 27.1 Å². The van der Waals surface area contributed by atoms with Crippen molar-refractivity contribution < 1.29 is 4.74 Å². The fraction of sp³-hybridized carbons (Fsp3) is 0.800. The maximum Gasteiger partial charge on any atom is 0.157 e. The molecule has 3 nitrogen and oxygen atoms in total. The van der Waals surface area contributed by atoms with Crippen LogP contribution < -0.4 is 4.74 Å². The quantitative estimate of drug-likeness (QED) is 0.682. The van der Waals surface area contributed by atoms with Gasteiger partial charge in [-0.15, -0.1) is 0 Å². The molecule has 0 amide bonds. The van der Waals surface area contributed by atoms with E-state index in [9.17, 15) is 0 Å². The van der Waals surface area contributed by atoms with Gasteiger partial charge in [0.25, 0.3) is 0 Å². The first-order chi connectivity index (χ1) is 9.06. The second-order valence-corrected chi connectivity index (χ2v) is 6.01. The summed E-state index contributed by atoms with van der Waals surface area (Å²) in [5.74, 6) is 1.75. The zero-order valence-corrected chi connectivity index (χ0v) is 13.6. The smallest absolute Gasteiger partial charge is 0.157 e. The van der Waals surface area contributed by atoms with Crippen molar-refractivity contribution in [1.82, 2.24) is 9.78 Å². The minimum absolute atomic E-state index is 0.201. The van der Waals surface area contributed by atoms with E-state index >= 15 is 0 Å². The van der Waals surface area contributed by atoms with E-state index in [2.05, 4.69) is 45.4 Å². The van der Waals surface area contributed by atoms with Gasteiger partial charge in [-0.2, -0.15) is 17.7 Å². The van der Waals surface area contributed by atoms with Gasteiger partial charge in [-0.25, -0.2) is 0 Å². The third-order valence-electron chi connectivity index (χ3n) is 3.55. The highest BCUT2D eigenvalue weighted by molar-refractivity contribution is 7.80. The molecule has 4 heteroatoms. The van der Waals surface area contributed by atoms with E-state index in [1.165, 1.54) is 25.7 Å². The van der Waals surface area contributed by atoms with Gasteiger partial charge in [0.1, 0.15) is 0 Å². The zero-order valence-electron chi connectivity index (χ0n) is 12.7. The third-order valence-corrected chi connectivity index (χ3v) is 4.22. The lowest BCUT2D eigenvalue weighted by molar-refractivity contribution is 0.143. The molecular weight excluding hydrogens is 256 g/mol. The van der Waals surface area contributed by atoms with Crippen LogP contribution in [-0.4, -0.2) is 22.1 Å². The average Bonchev–Trinajstić information content (AvgIpc) is 2.85. The van der Waals surface area contributed by atoms with Gasteiger partial charge < -0.3 is 4.74 Å².